The normalized spacial score (nSPS) is 46.3. The lowest BCUT2D eigenvalue weighted by Gasteiger charge is -2.66. The van der Waals surface area contributed by atoms with E-state index in [4.69, 9.17) is 0 Å². The zero-order valence-electron chi connectivity index (χ0n) is 15.1. The molecule has 4 aliphatic carbocycles. The molecule has 0 spiro atoms. The van der Waals surface area contributed by atoms with Crippen LogP contribution in [0.3, 0.4) is 0 Å². The van der Waals surface area contributed by atoms with Crippen LogP contribution in [-0.2, 0) is 0 Å². The zero-order chi connectivity index (χ0) is 15.3. The molecule has 0 aromatic heterocycles. The Labute approximate surface area is 132 Å². The molecule has 122 valence electrons. The molecule has 4 saturated carbocycles. The molecule has 1 nitrogen and oxygen atoms in total. The van der Waals surface area contributed by atoms with Crippen molar-refractivity contribution in [3.63, 3.8) is 0 Å². The van der Waals surface area contributed by atoms with Crippen LogP contribution in [0.5, 0.6) is 0 Å². The Hall–Kier alpha value is -0.0400. The van der Waals surface area contributed by atoms with Gasteiger partial charge in [0.15, 0.2) is 0 Å². The van der Waals surface area contributed by atoms with Crippen LogP contribution in [0.25, 0.3) is 0 Å². The smallest absolute Gasteiger partial charge is 0.00746 e. The Kier molecular flexibility index (Phi) is 3.96. The van der Waals surface area contributed by atoms with Crippen molar-refractivity contribution in [1.82, 2.24) is 5.32 Å². The summed E-state index contributed by atoms with van der Waals surface area (Å²) in [5.41, 5.74) is 2.01. The summed E-state index contributed by atoms with van der Waals surface area (Å²) >= 11 is 0. The highest BCUT2D eigenvalue weighted by atomic mass is 14.9. The summed E-state index contributed by atoms with van der Waals surface area (Å²) in [6.07, 6.45) is 11.9. The first-order chi connectivity index (χ1) is 9.76. The van der Waals surface area contributed by atoms with E-state index < -0.39 is 0 Å². The quantitative estimate of drug-likeness (QED) is 0.691. The van der Waals surface area contributed by atoms with Gasteiger partial charge >= 0.3 is 0 Å². The highest BCUT2D eigenvalue weighted by Gasteiger charge is 2.60. The first kappa shape index (κ1) is 15.8. The van der Waals surface area contributed by atoms with Crippen molar-refractivity contribution in [2.24, 2.45) is 28.1 Å². The van der Waals surface area contributed by atoms with Gasteiger partial charge in [-0.05, 0) is 86.0 Å². The third kappa shape index (κ3) is 3.19. The Bertz CT molecular complexity index is 367. The second-order valence-electron chi connectivity index (χ2n) is 10.2. The summed E-state index contributed by atoms with van der Waals surface area (Å²) in [4.78, 5) is 0. The Morgan fingerprint density at radius 1 is 1.00 bits per heavy atom. The first-order valence-electron chi connectivity index (χ1n) is 9.49. The van der Waals surface area contributed by atoms with Gasteiger partial charge in [0.05, 0.1) is 0 Å². The molecular weight excluding hydrogens is 254 g/mol. The van der Waals surface area contributed by atoms with Crippen molar-refractivity contribution in [3.8, 4) is 0 Å². The maximum Gasteiger partial charge on any atom is 0.00746 e. The van der Waals surface area contributed by atoms with E-state index in [1.54, 1.807) is 0 Å². The van der Waals surface area contributed by atoms with Gasteiger partial charge in [-0.2, -0.15) is 0 Å². The molecule has 0 aliphatic heterocycles. The molecule has 3 unspecified atom stereocenters. The predicted molar refractivity (Wildman–Crippen MR) is 91.4 cm³/mol. The Morgan fingerprint density at radius 2 is 1.62 bits per heavy atom. The summed E-state index contributed by atoms with van der Waals surface area (Å²) in [6, 6.07) is 0.749. The van der Waals surface area contributed by atoms with Gasteiger partial charge in [-0.3, -0.25) is 0 Å². The highest BCUT2D eigenvalue weighted by Crippen LogP contribution is 2.70. The lowest BCUT2D eigenvalue weighted by molar-refractivity contribution is -0.150. The molecule has 4 rings (SSSR count). The van der Waals surface area contributed by atoms with Crippen molar-refractivity contribution in [2.75, 3.05) is 6.54 Å². The van der Waals surface area contributed by atoms with Crippen LogP contribution in [0, 0.1) is 28.1 Å². The fraction of sp³-hybridized carbons (Fsp3) is 1.00. The minimum Gasteiger partial charge on any atom is -0.314 e. The lowest BCUT2D eigenvalue weighted by atomic mass is 9.39. The maximum absolute atomic E-state index is 3.81. The van der Waals surface area contributed by atoms with Crippen molar-refractivity contribution in [2.45, 2.75) is 92.0 Å². The minimum atomic E-state index is 0.669. The fourth-order valence-corrected chi connectivity index (χ4v) is 7.53. The van der Waals surface area contributed by atoms with Crippen LogP contribution in [0.1, 0.15) is 86.0 Å². The fourth-order valence-electron chi connectivity index (χ4n) is 7.53. The molecule has 0 aromatic carbocycles. The molecule has 21 heavy (non-hydrogen) atoms. The second-order valence-corrected chi connectivity index (χ2v) is 10.2. The standard InChI is InChI=1S/C20H37N/c1-6-21-17(7-15(2)3)11-20-10-16-8-18(4,13-20)12-19(5,9-16)14-20/h15-17,21H,6-14H2,1-5H3. The third-order valence-corrected chi connectivity index (χ3v) is 6.67. The summed E-state index contributed by atoms with van der Waals surface area (Å²) in [5.74, 6) is 1.85. The number of rotatable bonds is 6. The average Bonchev–Trinajstić information content (AvgIpc) is 2.21. The highest BCUT2D eigenvalue weighted by molar-refractivity contribution is 5.11. The van der Waals surface area contributed by atoms with Crippen molar-refractivity contribution in [3.05, 3.63) is 0 Å². The molecule has 0 radical (unpaired) electrons. The number of hydrogen-bond acceptors (Lipinski definition) is 1. The Balaban J connectivity index is 1.77. The van der Waals surface area contributed by atoms with Gasteiger partial charge in [-0.1, -0.05) is 34.6 Å². The van der Waals surface area contributed by atoms with E-state index in [0.717, 1.165) is 24.4 Å². The second kappa shape index (κ2) is 5.25. The SMILES string of the molecule is CCNC(CC(C)C)CC12CC3CC(C)(CC(C)(C3)C1)C2. The van der Waals surface area contributed by atoms with E-state index >= 15 is 0 Å². The van der Waals surface area contributed by atoms with Gasteiger partial charge in [0.1, 0.15) is 0 Å². The van der Waals surface area contributed by atoms with Crippen molar-refractivity contribution in [1.29, 1.82) is 0 Å². The van der Waals surface area contributed by atoms with Crippen molar-refractivity contribution >= 4 is 0 Å². The van der Waals surface area contributed by atoms with Gasteiger partial charge in [-0.25, -0.2) is 0 Å². The van der Waals surface area contributed by atoms with Gasteiger partial charge in [0.25, 0.3) is 0 Å². The molecule has 0 aromatic rings. The first-order valence-corrected chi connectivity index (χ1v) is 9.49. The predicted octanol–water partition coefficient (Wildman–Crippen LogP) is 5.40. The van der Waals surface area contributed by atoms with E-state index in [2.05, 4.69) is 39.9 Å². The van der Waals surface area contributed by atoms with Gasteiger partial charge in [0.2, 0.25) is 0 Å². The van der Waals surface area contributed by atoms with Crippen LogP contribution in [-0.4, -0.2) is 12.6 Å². The summed E-state index contributed by atoms with van der Waals surface area (Å²) < 4.78 is 0. The lowest BCUT2D eigenvalue weighted by Crippen LogP contribution is -2.56. The van der Waals surface area contributed by atoms with E-state index in [1.165, 1.54) is 51.4 Å². The van der Waals surface area contributed by atoms with Crippen molar-refractivity contribution < 1.29 is 0 Å². The van der Waals surface area contributed by atoms with Gasteiger partial charge < -0.3 is 5.32 Å². The molecule has 0 heterocycles. The van der Waals surface area contributed by atoms with E-state index in [0.29, 0.717) is 16.2 Å². The van der Waals surface area contributed by atoms with Crippen LogP contribution in [0.2, 0.25) is 0 Å². The third-order valence-electron chi connectivity index (χ3n) is 6.67. The summed E-state index contributed by atoms with van der Waals surface area (Å²) in [6.45, 7) is 13.4. The molecule has 4 fully saturated rings. The van der Waals surface area contributed by atoms with E-state index in [1.807, 2.05) is 0 Å². The molecule has 1 heteroatoms. The van der Waals surface area contributed by atoms with Crippen LogP contribution in [0.4, 0.5) is 0 Å². The number of nitrogens with one attached hydrogen (secondary N) is 1. The molecule has 3 atom stereocenters. The minimum absolute atomic E-state index is 0.669. The summed E-state index contributed by atoms with van der Waals surface area (Å²) in [7, 11) is 0. The summed E-state index contributed by atoms with van der Waals surface area (Å²) in [5, 5.41) is 3.81. The zero-order valence-corrected chi connectivity index (χ0v) is 15.1. The largest absolute Gasteiger partial charge is 0.314 e. The molecule has 4 bridgehead atoms. The Morgan fingerprint density at radius 3 is 2.10 bits per heavy atom. The van der Waals surface area contributed by atoms with Crippen LogP contribution >= 0.6 is 0 Å². The van der Waals surface area contributed by atoms with Crippen LogP contribution < -0.4 is 5.32 Å². The van der Waals surface area contributed by atoms with E-state index in [-0.39, 0.29) is 0 Å². The molecule has 0 amide bonds. The maximum atomic E-state index is 3.81. The molecule has 1 N–H and O–H groups in total. The molecule has 0 saturated heterocycles. The monoisotopic (exact) mass is 291 g/mol. The van der Waals surface area contributed by atoms with E-state index in [9.17, 15) is 0 Å². The molecular formula is C20H37N. The average molecular weight is 292 g/mol. The van der Waals surface area contributed by atoms with Crippen LogP contribution in [0.15, 0.2) is 0 Å². The topological polar surface area (TPSA) is 12.0 Å². The van der Waals surface area contributed by atoms with Gasteiger partial charge in [0, 0.05) is 6.04 Å². The molecule has 4 aliphatic rings. The van der Waals surface area contributed by atoms with Gasteiger partial charge in [-0.15, -0.1) is 0 Å². The number of hydrogen-bond donors (Lipinski definition) is 1.